The molecule has 1 heterocycles. The van der Waals surface area contributed by atoms with Gasteiger partial charge in [-0.2, -0.15) is 0 Å². The van der Waals surface area contributed by atoms with Crippen molar-refractivity contribution in [3.05, 3.63) is 95.2 Å². The fourth-order valence-electron chi connectivity index (χ4n) is 3.82. The van der Waals surface area contributed by atoms with Gasteiger partial charge in [0, 0.05) is 5.69 Å². The molecule has 0 spiro atoms. The maximum Gasteiger partial charge on any atom is 0.282 e. The zero-order chi connectivity index (χ0) is 23.5. The topological polar surface area (TPSA) is 58.6 Å². The summed E-state index contributed by atoms with van der Waals surface area (Å²) in [5.41, 5.74) is 4.83. The summed E-state index contributed by atoms with van der Waals surface area (Å²) in [6.45, 7) is 8.69. The van der Waals surface area contributed by atoms with E-state index in [-0.39, 0.29) is 17.5 Å². The van der Waals surface area contributed by atoms with Crippen LogP contribution in [-0.2, 0) is 9.59 Å². The maximum atomic E-state index is 13.6. The molecule has 0 saturated carbocycles. The molecule has 0 aliphatic carbocycles. The van der Waals surface area contributed by atoms with Crippen molar-refractivity contribution in [2.45, 2.75) is 33.6 Å². The molecule has 0 unspecified atom stereocenters. The van der Waals surface area contributed by atoms with Gasteiger partial charge in [-0.05, 0) is 67.3 Å². The van der Waals surface area contributed by atoms with Crippen molar-refractivity contribution < 1.29 is 14.3 Å². The SMILES string of the molecule is CCOc1ccc(C2=C(Nc3ccc(C)cc3)C(=O)N(c3ccc(C(C)C)cc3)C2=O)cc1. The number of amides is 2. The second kappa shape index (κ2) is 9.33. The van der Waals surface area contributed by atoms with E-state index in [9.17, 15) is 9.59 Å². The normalized spacial score (nSPS) is 13.8. The van der Waals surface area contributed by atoms with Gasteiger partial charge in [-0.25, -0.2) is 4.90 Å². The third kappa shape index (κ3) is 4.53. The van der Waals surface area contributed by atoms with E-state index in [0.29, 0.717) is 35.1 Å². The van der Waals surface area contributed by atoms with Crippen LogP contribution in [0.2, 0.25) is 0 Å². The molecule has 0 radical (unpaired) electrons. The number of nitrogens with one attached hydrogen (secondary N) is 1. The van der Waals surface area contributed by atoms with Crippen LogP contribution in [0.4, 0.5) is 11.4 Å². The van der Waals surface area contributed by atoms with Crippen molar-refractivity contribution in [1.82, 2.24) is 0 Å². The molecular formula is C28H28N2O3. The molecule has 0 fully saturated rings. The highest BCUT2D eigenvalue weighted by Gasteiger charge is 2.40. The molecule has 0 atom stereocenters. The zero-order valence-corrected chi connectivity index (χ0v) is 19.4. The smallest absolute Gasteiger partial charge is 0.282 e. The lowest BCUT2D eigenvalue weighted by Gasteiger charge is -2.16. The minimum absolute atomic E-state index is 0.265. The number of carbonyl (C=O) groups is 2. The Labute approximate surface area is 194 Å². The summed E-state index contributed by atoms with van der Waals surface area (Å²) >= 11 is 0. The molecule has 0 bridgehead atoms. The summed E-state index contributed by atoms with van der Waals surface area (Å²) < 4.78 is 5.53. The molecule has 0 saturated heterocycles. The average Bonchev–Trinajstić information content (AvgIpc) is 3.05. The van der Waals surface area contributed by atoms with Crippen LogP contribution < -0.4 is 15.0 Å². The van der Waals surface area contributed by atoms with Crippen molar-refractivity contribution >= 4 is 28.8 Å². The van der Waals surface area contributed by atoms with E-state index in [0.717, 1.165) is 16.8 Å². The minimum Gasteiger partial charge on any atom is -0.494 e. The van der Waals surface area contributed by atoms with Gasteiger partial charge >= 0.3 is 0 Å². The van der Waals surface area contributed by atoms with Crippen LogP contribution in [0.1, 0.15) is 43.4 Å². The Morgan fingerprint density at radius 2 is 1.48 bits per heavy atom. The molecule has 0 aromatic heterocycles. The highest BCUT2D eigenvalue weighted by Crippen LogP contribution is 2.35. The maximum absolute atomic E-state index is 13.6. The summed E-state index contributed by atoms with van der Waals surface area (Å²) in [6, 6.07) is 22.6. The Bertz CT molecular complexity index is 1190. The second-order valence-electron chi connectivity index (χ2n) is 8.39. The van der Waals surface area contributed by atoms with Crippen LogP contribution in [-0.4, -0.2) is 18.4 Å². The largest absolute Gasteiger partial charge is 0.494 e. The highest BCUT2D eigenvalue weighted by molar-refractivity contribution is 6.46. The second-order valence-corrected chi connectivity index (χ2v) is 8.39. The van der Waals surface area contributed by atoms with Crippen molar-refractivity contribution in [3.8, 4) is 5.75 Å². The molecule has 5 nitrogen and oxygen atoms in total. The molecule has 33 heavy (non-hydrogen) atoms. The lowest BCUT2D eigenvalue weighted by atomic mass is 10.0. The minimum atomic E-state index is -0.373. The Morgan fingerprint density at radius 3 is 2.06 bits per heavy atom. The van der Waals surface area contributed by atoms with E-state index in [2.05, 4.69) is 19.2 Å². The van der Waals surface area contributed by atoms with Crippen LogP contribution in [0.3, 0.4) is 0 Å². The van der Waals surface area contributed by atoms with Crippen LogP contribution in [0.15, 0.2) is 78.5 Å². The van der Waals surface area contributed by atoms with Gasteiger partial charge in [0.15, 0.2) is 0 Å². The number of aryl methyl sites for hydroxylation is 1. The Kier molecular flexibility index (Phi) is 6.31. The predicted octanol–water partition coefficient (Wildman–Crippen LogP) is 5.91. The molecular weight excluding hydrogens is 412 g/mol. The first-order chi connectivity index (χ1) is 15.9. The summed E-state index contributed by atoms with van der Waals surface area (Å²) in [4.78, 5) is 28.3. The third-order valence-corrected chi connectivity index (χ3v) is 5.68. The van der Waals surface area contributed by atoms with Crippen molar-refractivity contribution in [3.63, 3.8) is 0 Å². The standard InChI is InChI=1S/C28H28N2O3/c1-5-33-24-16-10-21(11-17-24)25-26(29-22-12-6-19(4)7-13-22)28(32)30(27(25)31)23-14-8-20(9-15-23)18(2)3/h6-18,29H,5H2,1-4H3. The number of anilines is 2. The van der Waals surface area contributed by atoms with Crippen molar-refractivity contribution in [2.24, 2.45) is 0 Å². The third-order valence-electron chi connectivity index (χ3n) is 5.68. The summed E-state index contributed by atoms with van der Waals surface area (Å²) in [5.74, 6) is 0.353. The lowest BCUT2D eigenvalue weighted by molar-refractivity contribution is -0.120. The van der Waals surface area contributed by atoms with Gasteiger partial charge in [0.1, 0.15) is 11.4 Å². The molecule has 1 N–H and O–H groups in total. The number of hydrogen-bond donors (Lipinski definition) is 1. The van der Waals surface area contributed by atoms with Gasteiger partial charge in [-0.3, -0.25) is 9.59 Å². The Hall–Kier alpha value is -3.86. The van der Waals surface area contributed by atoms with E-state index in [1.54, 1.807) is 0 Å². The fourth-order valence-corrected chi connectivity index (χ4v) is 3.82. The van der Waals surface area contributed by atoms with Gasteiger partial charge in [-0.15, -0.1) is 0 Å². The molecule has 2 amide bonds. The quantitative estimate of drug-likeness (QED) is 0.464. The van der Waals surface area contributed by atoms with Crippen LogP contribution in [0.25, 0.3) is 5.57 Å². The van der Waals surface area contributed by atoms with Crippen molar-refractivity contribution in [2.75, 3.05) is 16.8 Å². The van der Waals surface area contributed by atoms with E-state index in [1.165, 1.54) is 4.90 Å². The molecule has 168 valence electrons. The predicted molar refractivity (Wildman–Crippen MR) is 132 cm³/mol. The number of rotatable bonds is 7. The first-order valence-corrected chi connectivity index (χ1v) is 11.2. The molecule has 3 aromatic carbocycles. The summed E-state index contributed by atoms with van der Waals surface area (Å²) in [6.07, 6.45) is 0. The number of ether oxygens (including phenoxy) is 1. The monoisotopic (exact) mass is 440 g/mol. The van der Waals surface area contributed by atoms with Crippen molar-refractivity contribution in [1.29, 1.82) is 0 Å². The molecule has 1 aliphatic heterocycles. The Morgan fingerprint density at radius 1 is 0.848 bits per heavy atom. The zero-order valence-electron chi connectivity index (χ0n) is 19.4. The fraction of sp³-hybridized carbons (Fsp3) is 0.214. The Balaban J connectivity index is 1.75. The summed E-state index contributed by atoms with van der Waals surface area (Å²) in [7, 11) is 0. The summed E-state index contributed by atoms with van der Waals surface area (Å²) in [5, 5.41) is 3.20. The number of carbonyl (C=O) groups excluding carboxylic acids is 2. The van der Waals surface area contributed by atoms with Gasteiger partial charge < -0.3 is 10.1 Å². The van der Waals surface area contributed by atoms with E-state index in [1.807, 2.05) is 86.6 Å². The number of benzene rings is 3. The van der Waals surface area contributed by atoms with Crippen LogP contribution in [0.5, 0.6) is 5.75 Å². The van der Waals surface area contributed by atoms with Gasteiger partial charge in [0.2, 0.25) is 0 Å². The van der Waals surface area contributed by atoms with Crippen LogP contribution in [0, 0.1) is 6.92 Å². The first kappa shape index (κ1) is 22.3. The molecule has 1 aliphatic rings. The number of hydrogen-bond acceptors (Lipinski definition) is 4. The molecule has 5 heteroatoms. The number of nitrogens with zero attached hydrogens (tertiary/aromatic N) is 1. The number of imide groups is 1. The van der Waals surface area contributed by atoms with E-state index < -0.39 is 0 Å². The van der Waals surface area contributed by atoms with Gasteiger partial charge in [-0.1, -0.05) is 55.8 Å². The van der Waals surface area contributed by atoms with Crippen LogP contribution >= 0.6 is 0 Å². The van der Waals surface area contributed by atoms with E-state index >= 15 is 0 Å². The lowest BCUT2D eigenvalue weighted by Crippen LogP contribution is -2.32. The highest BCUT2D eigenvalue weighted by atomic mass is 16.5. The first-order valence-electron chi connectivity index (χ1n) is 11.2. The van der Waals surface area contributed by atoms with Gasteiger partial charge in [0.25, 0.3) is 11.8 Å². The molecule has 3 aromatic rings. The average molecular weight is 441 g/mol. The van der Waals surface area contributed by atoms with Gasteiger partial charge in [0.05, 0.1) is 17.9 Å². The molecule has 4 rings (SSSR count). The van der Waals surface area contributed by atoms with E-state index in [4.69, 9.17) is 4.74 Å².